The van der Waals surface area contributed by atoms with Gasteiger partial charge in [-0.3, -0.25) is 9.69 Å². The molecule has 0 aromatic heterocycles. The highest BCUT2D eigenvalue weighted by Crippen LogP contribution is 2.14. The van der Waals surface area contributed by atoms with E-state index in [9.17, 15) is 4.79 Å². The summed E-state index contributed by atoms with van der Waals surface area (Å²) < 4.78 is 5.46. The van der Waals surface area contributed by atoms with Crippen LogP contribution in [0.1, 0.15) is 54.1 Å². The summed E-state index contributed by atoms with van der Waals surface area (Å²) in [5.74, 6) is 0.916. The van der Waals surface area contributed by atoms with E-state index in [1.807, 2.05) is 31.2 Å². The third-order valence-corrected chi connectivity index (χ3v) is 5.23. The molecular formula is C24H32N2O2. The van der Waals surface area contributed by atoms with Crippen LogP contribution in [0.4, 0.5) is 0 Å². The first-order chi connectivity index (χ1) is 13.7. The molecule has 1 aliphatic heterocycles. The Morgan fingerprint density at radius 2 is 1.64 bits per heavy atom. The minimum absolute atomic E-state index is 0.0104. The van der Waals surface area contributed by atoms with E-state index >= 15 is 0 Å². The number of likely N-dealkylation sites (tertiary alicyclic amines) is 1. The number of carbonyl (C=O) groups excluding carboxylic acids is 1. The molecule has 0 saturated carbocycles. The highest BCUT2D eigenvalue weighted by atomic mass is 16.5. The molecule has 1 amide bonds. The zero-order chi connectivity index (χ0) is 19.6. The molecular weight excluding hydrogens is 348 g/mol. The Morgan fingerprint density at radius 1 is 0.964 bits per heavy atom. The van der Waals surface area contributed by atoms with Gasteiger partial charge in [-0.15, -0.1) is 0 Å². The van der Waals surface area contributed by atoms with Gasteiger partial charge in [-0.25, -0.2) is 0 Å². The summed E-state index contributed by atoms with van der Waals surface area (Å²) in [6.07, 6.45) is 5.83. The number of benzene rings is 2. The predicted molar refractivity (Wildman–Crippen MR) is 114 cm³/mol. The second kappa shape index (κ2) is 10.9. The van der Waals surface area contributed by atoms with Crippen molar-refractivity contribution in [2.24, 2.45) is 0 Å². The van der Waals surface area contributed by atoms with Crippen LogP contribution in [0.2, 0.25) is 0 Å². The number of nitrogens with one attached hydrogen (secondary N) is 1. The fourth-order valence-corrected chi connectivity index (χ4v) is 3.65. The Balaban J connectivity index is 1.38. The lowest BCUT2D eigenvalue weighted by Crippen LogP contribution is -2.29. The molecule has 0 bridgehead atoms. The van der Waals surface area contributed by atoms with Crippen LogP contribution < -0.4 is 10.1 Å². The molecule has 1 aliphatic rings. The molecule has 4 heteroatoms. The fourth-order valence-electron chi connectivity index (χ4n) is 3.65. The van der Waals surface area contributed by atoms with Crippen LogP contribution in [0, 0.1) is 0 Å². The number of aryl methyl sites for hydroxylation is 1. The number of hydrogen-bond acceptors (Lipinski definition) is 3. The number of carbonyl (C=O) groups is 1. The lowest BCUT2D eigenvalue weighted by molar-refractivity contribution is 0.0953. The van der Waals surface area contributed by atoms with Crippen molar-refractivity contribution in [1.29, 1.82) is 0 Å². The number of hydrogen-bond donors (Lipinski definition) is 1. The van der Waals surface area contributed by atoms with Crippen LogP contribution >= 0.6 is 0 Å². The van der Waals surface area contributed by atoms with Crippen LogP contribution in [0.3, 0.4) is 0 Å². The largest absolute Gasteiger partial charge is 0.494 e. The molecule has 0 radical (unpaired) electrons. The van der Waals surface area contributed by atoms with Crippen molar-refractivity contribution in [3.05, 3.63) is 65.2 Å². The average molecular weight is 381 g/mol. The van der Waals surface area contributed by atoms with Crippen LogP contribution in [0.5, 0.6) is 5.75 Å². The minimum atomic E-state index is 0.0104. The second-order valence-corrected chi connectivity index (χ2v) is 7.47. The maximum Gasteiger partial charge on any atom is 0.251 e. The molecule has 0 unspecified atom stereocenters. The Hall–Kier alpha value is -2.33. The Bertz CT molecular complexity index is 719. The van der Waals surface area contributed by atoms with Crippen LogP contribution in [0.25, 0.3) is 0 Å². The van der Waals surface area contributed by atoms with E-state index in [0.717, 1.165) is 30.7 Å². The molecule has 150 valence electrons. The van der Waals surface area contributed by atoms with E-state index in [2.05, 4.69) is 34.5 Å². The zero-order valence-electron chi connectivity index (χ0n) is 17.0. The minimum Gasteiger partial charge on any atom is -0.494 e. The highest BCUT2D eigenvalue weighted by molar-refractivity contribution is 5.94. The van der Waals surface area contributed by atoms with Gasteiger partial charge in [-0.2, -0.15) is 0 Å². The molecule has 0 atom stereocenters. The summed E-state index contributed by atoms with van der Waals surface area (Å²) in [5.41, 5.74) is 3.29. The van der Waals surface area contributed by atoms with Crippen molar-refractivity contribution in [2.75, 3.05) is 26.2 Å². The molecule has 28 heavy (non-hydrogen) atoms. The van der Waals surface area contributed by atoms with Crippen LogP contribution in [-0.2, 0) is 13.0 Å². The quantitative estimate of drug-likeness (QED) is 0.654. The highest BCUT2D eigenvalue weighted by Gasteiger charge is 2.11. The van der Waals surface area contributed by atoms with Gasteiger partial charge in [0.2, 0.25) is 0 Å². The number of amides is 1. The standard InChI is InChI=1S/C24H32N2O2/c1-2-28-23-14-10-20(11-15-23)7-6-16-25-24(27)22-12-8-21(9-13-22)19-26-17-4-3-5-18-26/h8-15H,2-7,16-19H2,1H3,(H,25,27). The monoisotopic (exact) mass is 380 g/mol. The van der Waals surface area contributed by atoms with E-state index in [1.165, 1.54) is 43.5 Å². The summed E-state index contributed by atoms with van der Waals surface area (Å²) in [6.45, 7) is 6.72. The van der Waals surface area contributed by atoms with Crippen molar-refractivity contribution in [3.63, 3.8) is 0 Å². The Labute approximate surface area is 168 Å². The van der Waals surface area contributed by atoms with Gasteiger partial charge < -0.3 is 10.1 Å². The maximum atomic E-state index is 12.3. The number of ether oxygens (including phenoxy) is 1. The number of rotatable bonds is 9. The van der Waals surface area contributed by atoms with Crippen molar-refractivity contribution in [2.45, 2.75) is 45.6 Å². The van der Waals surface area contributed by atoms with Gasteiger partial charge in [0.15, 0.2) is 0 Å². The first-order valence-corrected chi connectivity index (χ1v) is 10.6. The van der Waals surface area contributed by atoms with Crippen molar-refractivity contribution in [3.8, 4) is 5.75 Å². The Morgan fingerprint density at radius 3 is 2.32 bits per heavy atom. The summed E-state index contributed by atoms with van der Waals surface area (Å²) in [5, 5.41) is 3.03. The normalized spacial score (nSPS) is 14.6. The topological polar surface area (TPSA) is 41.6 Å². The van der Waals surface area contributed by atoms with E-state index in [-0.39, 0.29) is 5.91 Å². The first-order valence-electron chi connectivity index (χ1n) is 10.6. The van der Waals surface area contributed by atoms with Crippen molar-refractivity contribution < 1.29 is 9.53 Å². The lowest BCUT2D eigenvalue weighted by atomic mass is 10.1. The van der Waals surface area contributed by atoms with Crippen LogP contribution in [-0.4, -0.2) is 37.0 Å². The van der Waals surface area contributed by atoms with E-state index in [4.69, 9.17) is 4.74 Å². The van der Waals surface area contributed by atoms with Gasteiger partial charge in [0.1, 0.15) is 5.75 Å². The average Bonchev–Trinajstić information content (AvgIpc) is 2.74. The summed E-state index contributed by atoms with van der Waals surface area (Å²) in [4.78, 5) is 14.8. The second-order valence-electron chi connectivity index (χ2n) is 7.47. The SMILES string of the molecule is CCOc1ccc(CCCNC(=O)c2ccc(CN3CCCCC3)cc2)cc1. The third kappa shape index (κ3) is 6.38. The molecule has 0 aliphatic carbocycles. The molecule has 4 nitrogen and oxygen atoms in total. The summed E-state index contributed by atoms with van der Waals surface area (Å²) in [6, 6.07) is 16.3. The van der Waals surface area contributed by atoms with Gasteiger partial charge in [0.05, 0.1) is 6.61 Å². The molecule has 1 heterocycles. The van der Waals surface area contributed by atoms with Gasteiger partial charge >= 0.3 is 0 Å². The van der Waals surface area contributed by atoms with Gasteiger partial charge in [-0.05, 0) is 81.1 Å². The molecule has 1 saturated heterocycles. The van der Waals surface area contributed by atoms with E-state index in [1.54, 1.807) is 0 Å². The fraction of sp³-hybridized carbons (Fsp3) is 0.458. The predicted octanol–water partition coefficient (Wildman–Crippen LogP) is 4.43. The van der Waals surface area contributed by atoms with Crippen molar-refractivity contribution in [1.82, 2.24) is 10.2 Å². The first kappa shape index (κ1) is 20.4. The molecule has 0 spiro atoms. The number of piperidine rings is 1. The van der Waals surface area contributed by atoms with Gasteiger partial charge in [-0.1, -0.05) is 30.7 Å². The zero-order valence-corrected chi connectivity index (χ0v) is 17.0. The number of nitrogens with zero attached hydrogens (tertiary/aromatic N) is 1. The molecule has 1 N–H and O–H groups in total. The smallest absolute Gasteiger partial charge is 0.251 e. The van der Waals surface area contributed by atoms with Crippen LogP contribution in [0.15, 0.2) is 48.5 Å². The molecule has 2 aromatic rings. The molecule has 2 aromatic carbocycles. The maximum absolute atomic E-state index is 12.3. The third-order valence-electron chi connectivity index (χ3n) is 5.23. The lowest BCUT2D eigenvalue weighted by Gasteiger charge is -2.26. The van der Waals surface area contributed by atoms with Gasteiger partial charge in [0.25, 0.3) is 5.91 Å². The molecule has 3 rings (SSSR count). The summed E-state index contributed by atoms with van der Waals surface area (Å²) in [7, 11) is 0. The van der Waals surface area contributed by atoms with E-state index < -0.39 is 0 Å². The Kier molecular flexibility index (Phi) is 7.92. The molecule has 1 fully saturated rings. The summed E-state index contributed by atoms with van der Waals surface area (Å²) >= 11 is 0. The van der Waals surface area contributed by atoms with Crippen molar-refractivity contribution >= 4 is 5.91 Å². The van der Waals surface area contributed by atoms with E-state index in [0.29, 0.717) is 13.2 Å². The van der Waals surface area contributed by atoms with Gasteiger partial charge in [0, 0.05) is 18.7 Å².